The number of fused-ring (bicyclic) bond motifs is 1. The molecule has 3 rings (SSSR count). The fourth-order valence-corrected chi connectivity index (χ4v) is 2.93. The van der Waals surface area contributed by atoms with Gasteiger partial charge in [-0.15, -0.1) is 11.3 Å². The molecule has 0 amide bonds. The summed E-state index contributed by atoms with van der Waals surface area (Å²) in [5.41, 5.74) is 0.827. The first-order valence-electron chi connectivity index (χ1n) is 8.38. The van der Waals surface area contributed by atoms with Crippen molar-refractivity contribution in [1.82, 2.24) is 0 Å². The summed E-state index contributed by atoms with van der Waals surface area (Å²) >= 11 is 1.49. The zero-order chi connectivity index (χ0) is 19.8. The Morgan fingerprint density at radius 2 is 1.48 bits per heavy atom. The minimum absolute atomic E-state index is 0.520. The van der Waals surface area contributed by atoms with Crippen molar-refractivity contribution in [2.45, 2.75) is 25.9 Å². The van der Waals surface area contributed by atoms with Gasteiger partial charge in [-0.1, -0.05) is 30.3 Å². The number of nitrogens with one attached hydrogen (secondary N) is 2. The fraction of sp³-hybridized carbons (Fsp3) is 0.200. The molecule has 6 nitrogen and oxygen atoms in total. The van der Waals surface area contributed by atoms with Gasteiger partial charge in [0.2, 0.25) is 0 Å². The third-order valence-electron chi connectivity index (χ3n) is 3.75. The van der Waals surface area contributed by atoms with E-state index in [1.165, 1.54) is 11.3 Å². The largest absolute Gasteiger partial charge is 0.480 e. The predicted molar refractivity (Wildman–Crippen MR) is 110 cm³/mol. The van der Waals surface area contributed by atoms with E-state index >= 15 is 0 Å². The average molecular weight is 386 g/mol. The summed E-state index contributed by atoms with van der Waals surface area (Å²) in [5, 5.41) is 28.1. The van der Waals surface area contributed by atoms with Crippen LogP contribution >= 0.6 is 11.3 Å². The number of carboxylic acids is 2. The summed E-state index contributed by atoms with van der Waals surface area (Å²) in [6.07, 6.45) is 0. The molecule has 0 aliphatic heterocycles. The van der Waals surface area contributed by atoms with Crippen LogP contribution in [0.2, 0.25) is 0 Å². The van der Waals surface area contributed by atoms with Gasteiger partial charge in [0.1, 0.15) is 12.1 Å². The molecule has 0 aliphatic carbocycles. The third-order valence-corrected chi connectivity index (χ3v) is 4.55. The number of hydrogen-bond donors (Lipinski definition) is 4. The molecule has 1 aromatic heterocycles. The first-order chi connectivity index (χ1) is 12.9. The Morgan fingerprint density at radius 1 is 0.852 bits per heavy atom. The van der Waals surface area contributed by atoms with Crippen molar-refractivity contribution in [3.05, 3.63) is 60.0 Å². The van der Waals surface area contributed by atoms with Crippen molar-refractivity contribution in [3.63, 3.8) is 0 Å². The van der Waals surface area contributed by atoms with Crippen molar-refractivity contribution in [3.8, 4) is 0 Å². The maximum absolute atomic E-state index is 10.7. The van der Waals surface area contributed by atoms with E-state index < -0.39 is 24.0 Å². The van der Waals surface area contributed by atoms with Gasteiger partial charge in [-0.3, -0.25) is 9.59 Å². The summed E-state index contributed by atoms with van der Waals surface area (Å²) in [7, 11) is 0. The molecule has 142 valence electrons. The van der Waals surface area contributed by atoms with Crippen LogP contribution in [0, 0.1) is 0 Å². The summed E-state index contributed by atoms with van der Waals surface area (Å²) in [6, 6.07) is 16.4. The normalized spacial score (nSPS) is 12.4. The highest BCUT2D eigenvalue weighted by Crippen LogP contribution is 2.19. The lowest BCUT2D eigenvalue weighted by Crippen LogP contribution is -2.25. The smallest absolute Gasteiger partial charge is 0.325 e. The van der Waals surface area contributed by atoms with Gasteiger partial charge in [-0.05, 0) is 54.3 Å². The van der Waals surface area contributed by atoms with Gasteiger partial charge in [-0.2, -0.15) is 0 Å². The molecule has 0 spiro atoms. The first-order valence-corrected chi connectivity index (χ1v) is 9.26. The Bertz CT molecular complexity index is 896. The van der Waals surface area contributed by atoms with Gasteiger partial charge in [0.25, 0.3) is 0 Å². The molecule has 0 unspecified atom stereocenters. The highest BCUT2D eigenvalue weighted by Gasteiger charge is 2.10. The second-order valence-electron chi connectivity index (χ2n) is 5.95. The highest BCUT2D eigenvalue weighted by molar-refractivity contribution is 7.14. The Balaban J connectivity index is 0.000000208. The average Bonchev–Trinajstić information content (AvgIpc) is 3.15. The molecular weight excluding hydrogens is 364 g/mol. The van der Waals surface area contributed by atoms with Crippen LogP contribution in [0.3, 0.4) is 0 Å². The Hall–Kier alpha value is -3.06. The van der Waals surface area contributed by atoms with Crippen molar-refractivity contribution in [2.24, 2.45) is 0 Å². The molecule has 27 heavy (non-hydrogen) atoms. The lowest BCUT2D eigenvalue weighted by atomic mass is 10.1. The zero-order valence-corrected chi connectivity index (χ0v) is 15.9. The van der Waals surface area contributed by atoms with Crippen LogP contribution in [0.25, 0.3) is 10.8 Å². The summed E-state index contributed by atoms with van der Waals surface area (Å²) in [4.78, 5) is 21.1. The molecule has 0 saturated heterocycles. The molecule has 0 bridgehead atoms. The van der Waals surface area contributed by atoms with Crippen LogP contribution in [0.4, 0.5) is 10.7 Å². The quantitative estimate of drug-likeness (QED) is 0.502. The van der Waals surface area contributed by atoms with E-state index in [1.54, 1.807) is 13.8 Å². The van der Waals surface area contributed by atoms with E-state index in [0.717, 1.165) is 21.5 Å². The molecule has 1 heterocycles. The number of anilines is 2. The zero-order valence-electron chi connectivity index (χ0n) is 15.0. The van der Waals surface area contributed by atoms with Crippen LogP contribution in [0.5, 0.6) is 0 Å². The molecule has 4 N–H and O–H groups in total. The van der Waals surface area contributed by atoms with Crippen molar-refractivity contribution in [2.75, 3.05) is 10.6 Å². The van der Waals surface area contributed by atoms with Crippen molar-refractivity contribution in [1.29, 1.82) is 0 Å². The van der Waals surface area contributed by atoms with Gasteiger partial charge in [0.15, 0.2) is 0 Å². The van der Waals surface area contributed by atoms with Crippen LogP contribution < -0.4 is 10.6 Å². The monoisotopic (exact) mass is 386 g/mol. The molecule has 0 aliphatic rings. The van der Waals surface area contributed by atoms with Gasteiger partial charge in [0.05, 0.1) is 5.00 Å². The summed E-state index contributed by atoms with van der Waals surface area (Å²) < 4.78 is 0. The third kappa shape index (κ3) is 6.31. The Kier molecular flexibility index (Phi) is 7.19. The van der Waals surface area contributed by atoms with Crippen LogP contribution in [0.15, 0.2) is 60.0 Å². The molecule has 2 atom stereocenters. The Labute approximate surface area is 161 Å². The number of hydrogen-bond acceptors (Lipinski definition) is 5. The number of thiophene rings is 1. The second kappa shape index (κ2) is 9.59. The van der Waals surface area contributed by atoms with E-state index in [4.69, 9.17) is 10.2 Å². The van der Waals surface area contributed by atoms with E-state index in [2.05, 4.69) is 10.6 Å². The summed E-state index contributed by atoms with van der Waals surface area (Å²) in [5.74, 6) is -1.69. The highest BCUT2D eigenvalue weighted by atomic mass is 32.1. The van der Waals surface area contributed by atoms with Crippen LogP contribution in [0.1, 0.15) is 13.8 Å². The molecule has 7 heteroatoms. The SMILES string of the molecule is C[C@H](Nc1ccc2ccccc2c1)C(=O)O.C[C@H](Nc1cccs1)C(=O)O. The number of carbonyl (C=O) groups is 2. The molecule has 0 saturated carbocycles. The number of aliphatic carboxylic acids is 2. The fourth-order valence-electron chi connectivity index (χ4n) is 2.23. The molecular formula is C20H22N2O4S. The predicted octanol–water partition coefficient (Wildman–Crippen LogP) is 4.36. The molecule has 0 fully saturated rings. The molecule has 2 aromatic carbocycles. The van der Waals surface area contributed by atoms with E-state index in [1.807, 2.05) is 60.0 Å². The number of rotatable bonds is 6. The van der Waals surface area contributed by atoms with Gasteiger partial charge in [-0.25, -0.2) is 0 Å². The van der Waals surface area contributed by atoms with Gasteiger partial charge < -0.3 is 20.8 Å². The lowest BCUT2D eigenvalue weighted by Gasteiger charge is -2.11. The molecule has 0 radical (unpaired) electrons. The van der Waals surface area contributed by atoms with Gasteiger partial charge in [0, 0.05) is 5.69 Å². The van der Waals surface area contributed by atoms with Crippen molar-refractivity contribution >= 4 is 44.7 Å². The number of benzene rings is 2. The first kappa shape index (κ1) is 20.3. The maximum Gasteiger partial charge on any atom is 0.325 e. The second-order valence-corrected chi connectivity index (χ2v) is 6.90. The minimum Gasteiger partial charge on any atom is -0.480 e. The van der Waals surface area contributed by atoms with E-state index in [9.17, 15) is 9.59 Å². The van der Waals surface area contributed by atoms with Gasteiger partial charge >= 0.3 is 11.9 Å². The maximum atomic E-state index is 10.7. The van der Waals surface area contributed by atoms with Crippen LogP contribution in [-0.4, -0.2) is 34.2 Å². The molecule has 3 aromatic rings. The Morgan fingerprint density at radius 3 is 2.07 bits per heavy atom. The number of carboxylic acid groups (broad SMARTS) is 2. The van der Waals surface area contributed by atoms with Crippen LogP contribution in [-0.2, 0) is 9.59 Å². The topological polar surface area (TPSA) is 98.7 Å². The minimum atomic E-state index is -0.854. The van der Waals surface area contributed by atoms with E-state index in [0.29, 0.717) is 0 Å². The van der Waals surface area contributed by atoms with Crippen molar-refractivity contribution < 1.29 is 19.8 Å². The van der Waals surface area contributed by atoms with E-state index in [-0.39, 0.29) is 0 Å². The lowest BCUT2D eigenvalue weighted by molar-refractivity contribution is -0.138. The standard InChI is InChI=1S/C13H13NO2.C7H9NO2S/c1-9(13(15)16)14-12-7-6-10-4-2-3-5-11(10)8-12;1-5(7(9)10)8-6-3-2-4-11-6/h2-9,14H,1H3,(H,15,16);2-5,8H,1H3,(H,9,10)/t9-;5-/m00/s1. The summed E-state index contributed by atoms with van der Waals surface area (Å²) in [6.45, 7) is 3.24.